The Kier molecular flexibility index (Phi) is 7.23. The minimum Gasteiger partial charge on any atom is -0.471 e. The molecule has 1 saturated heterocycles. The number of rotatable bonds is 6. The molecule has 0 aliphatic carbocycles. The van der Waals surface area contributed by atoms with Crippen LogP contribution in [0.25, 0.3) is 0 Å². The third-order valence-electron chi connectivity index (χ3n) is 7.53. The number of hydrogen-bond donors (Lipinski definition) is 3. The zero-order chi connectivity index (χ0) is 27.7. The summed E-state index contributed by atoms with van der Waals surface area (Å²) in [6.07, 6.45) is 2.35. The van der Waals surface area contributed by atoms with E-state index in [1.807, 2.05) is 19.9 Å². The van der Waals surface area contributed by atoms with Gasteiger partial charge in [0, 0.05) is 53.9 Å². The number of nitrogens with two attached hydrogens (primary N) is 2. The minimum absolute atomic E-state index is 0.153. The zero-order valence-electron chi connectivity index (χ0n) is 22.5. The van der Waals surface area contributed by atoms with Gasteiger partial charge in [0.2, 0.25) is 5.79 Å². The fraction of sp³-hybridized carbons (Fsp3) is 0.379. The molecule has 2 aliphatic rings. The first kappa shape index (κ1) is 26.6. The van der Waals surface area contributed by atoms with Crippen molar-refractivity contribution in [3.8, 4) is 17.6 Å². The lowest BCUT2D eigenvalue weighted by Gasteiger charge is -2.44. The highest BCUT2D eigenvalue weighted by molar-refractivity contribution is 6.14. The molecular formula is C29H33N7O3. The number of aromatic nitrogens is 2. The summed E-state index contributed by atoms with van der Waals surface area (Å²) in [6.45, 7) is 8.94. The molecule has 10 nitrogen and oxygen atoms in total. The maximum Gasteiger partial charge on any atom is 0.213 e. The van der Waals surface area contributed by atoms with Crippen molar-refractivity contribution in [3.05, 3.63) is 75.6 Å². The summed E-state index contributed by atoms with van der Waals surface area (Å²) < 4.78 is 18.6. The molecule has 5 N–H and O–H groups in total. The summed E-state index contributed by atoms with van der Waals surface area (Å²) in [6, 6.07) is 10.8. The van der Waals surface area contributed by atoms with Gasteiger partial charge in [-0.05, 0) is 56.3 Å². The zero-order valence-corrected chi connectivity index (χ0v) is 22.5. The van der Waals surface area contributed by atoms with E-state index >= 15 is 0 Å². The topological polar surface area (TPSA) is 156 Å². The Morgan fingerprint density at radius 1 is 1.26 bits per heavy atom. The van der Waals surface area contributed by atoms with Crippen LogP contribution in [0.5, 0.6) is 11.5 Å². The van der Waals surface area contributed by atoms with Crippen LogP contribution >= 0.6 is 0 Å². The monoisotopic (exact) mass is 527 g/mol. The Balaban J connectivity index is 1.40. The second kappa shape index (κ2) is 10.6. The van der Waals surface area contributed by atoms with E-state index in [4.69, 9.17) is 31.1 Å². The van der Waals surface area contributed by atoms with Crippen LogP contribution in [0, 0.1) is 30.6 Å². The quantitative estimate of drug-likeness (QED) is 0.247. The molecule has 0 radical (unpaired) electrons. The van der Waals surface area contributed by atoms with Crippen LogP contribution in [-0.2, 0) is 11.3 Å². The van der Waals surface area contributed by atoms with Crippen LogP contribution in [-0.4, -0.2) is 46.2 Å². The normalized spacial score (nSPS) is 17.1. The average Bonchev–Trinajstić information content (AvgIpc) is 2.93. The Labute approximate surface area is 228 Å². The maximum absolute atomic E-state index is 9.97. The predicted octanol–water partition coefficient (Wildman–Crippen LogP) is 3.72. The highest BCUT2D eigenvalue weighted by Crippen LogP contribution is 2.40. The number of ether oxygens (including phenoxy) is 3. The van der Waals surface area contributed by atoms with Gasteiger partial charge in [-0.15, -0.1) is 0 Å². The van der Waals surface area contributed by atoms with E-state index in [-0.39, 0.29) is 5.71 Å². The van der Waals surface area contributed by atoms with Crippen molar-refractivity contribution in [2.75, 3.05) is 25.4 Å². The molecule has 2 aromatic carbocycles. The maximum atomic E-state index is 9.97. The van der Waals surface area contributed by atoms with E-state index in [9.17, 15) is 5.26 Å². The molecule has 0 bridgehead atoms. The van der Waals surface area contributed by atoms with Crippen LogP contribution in [0.1, 0.15) is 65.1 Å². The summed E-state index contributed by atoms with van der Waals surface area (Å²) in [5.74, 6) is 0.283. The minimum atomic E-state index is -0.772. The van der Waals surface area contributed by atoms with E-state index in [1.54, 1.807) is 30.5 Å². The van der Waals surface area contributed by atoms with Gasteiger partial charge in [0.05, 0.1) is 29.8 Å². The van der Waals surface area contributed by atoms with Gasteiger partial charge < -0.3 is 24.8 Å². The van der Waals surface area contributed by atoms with E-state index in [1.165, 1.54) is 0 Å². The first-order valence-corrected chi connectivity index (χ1v) is 13.1. The van der Waals surface area contributed by atoms with Crippen LogP contribution < -0.4 is 20.9 Å². The second-order valence-corrected chi connectivity index (χ2v) is 10.0. The molecule has 0 unspecified atom stereocenters. The van der Waals surface area contributed by atoms with Gasteiger partial charge in [-0.1, -0.05) is 6.92 Å². The summed E-state index contributed by atoms with van der Waals surface area (Å²) in [5, 5.41) is 27.0. The molecular weight excluding hydrogens is 494 g/mol. The number of nitrogens with one attached hydrogen (secondary N) is 1. The molecule has 5 rings (SSSR count). The van der Waals surface area contributed by atoms with Crippen molar-refractivity contribution in [2.24, 2.45) is 5.73 Å². The second-order valence-electron chi connectivity index (χ2n) is 10.0. The van der Waals surface area contributed by atoms with Gasteiger partial charge in [-0.3, -0.25) is 11.1 Å². The smallest absolute Gasteiger partial charge is 0.213 e. The molecule has 1 atom stereocenters. The lowest BCUT2D eigenvalue weighted by Crippen LogP contribution is -2.51. The van der Waals surface area contributed by atoms with Gasteiger partial charge in [0.15, 0.2) is 6.23 Å². The third-order valence-corrected chi connectivity index (χ3v) is 7.53. The Morgan fingerprint density at radius 3 is 2.72 bits per heavy atom. The summed E-state index contributed by atoms with van der Waals surface area (Å²) in [4.78, 5) is 2.36. The number of nitriles is 1. The average molecular weight is 528 g/mol. The SMILES string of the molecule is CCN1CCC2(CC1)OCc1cc(C(=N)c3cc(O[C@H](N)c4c(C)cnnc4C)ccc3N)cc(C#N)c1O2. The molecule has 1 fully saturated rings. The molecule has 0 saturated carbocycles. The Bertz CT molecular complexity index is 1440. The van der Waals surface area contributed by atoms with Crippen LogP contribution in [0.3, 0.4) is 0 Å². The standard InChI is InChI=1S/C29H33N7O3/c1-4-36-9-7-29(8-10-36)37-16-21-12-19(11-20(14-30)27(21)39-29)26(32)23-13-22(5-6-24(23)31)38-28(33)25-17(2)15-34-35-18(25)3/h5-6,11-13,15,28,32H,4,7-10,16,31,33H2,1-3H3/t28-/m0/s1. The Morgan fingerprint density at radius 2 is 2.03 bits per heavy atom. The Hall–Kier alpha value is -4.04. The van der Waals surface area contributed by atoms with Crippen molar-refractivity contribution in [1.29, 1.82) is 10.7 Å². The number of anilines is 1. The molecule has 39 heavy (non-hydrogen) atoms. The van der Waals surface area contributed by atoms with Gasteiger partial charge in [-0.2, -0.15) is 15.5 Å². The first-order valence-electron chi connectivity index (χ1n) is 13.1. The third kappa shape index (κ3) is 5.16. The molecule has 202 valence electrons. The van der Waals surface area contributed by atoms with Crippen molar-refractivity contribution >= 4 is 11.4 Å². The highest BCUT2D eigenvalue weighted by atomic mass is 16.7. The summed E-state index contributed by atoms with van der Waals surface area (Å²) >= 11 is 0. The van der Waals surface area contributed by atoms with E-state index in [0.717, 1.165) is 49.2 Å². The lowest BCUT2D eigenvalue weighted by atomic mass is 9.95. The van der Waals surface area contributed by atoms with Crippen LogP contribution in [0.4, 0.5) is 5.69 Å². The number of fused-ring (bicyclic) bond motifs is 1. The van der Waals surface area contributed by atoms with Crippen molar-refractivity contribution in [1.82, 2.24) is 15.1 Å². The van der Waals surface area contributed by atoms with E-state index in [2.05, 4.69) is 28.1 Å². The van der Waals surface area contributed by atoms with Gasteiger partial charge in [0.1, 0.15) is 17.6 Å². The summed E-state index contributed by atoms with van der Waals surface area (Å²) in [7, 11) is 0. The number of benzene rings is 2. The van der Waals surface area contributed by atoms with Crippen molar-refractivity contribution in [3.63, 3.8) is 0 Å². The molecule has 1 aromatic heterocycles. The van der Waals surface area contributed by atoms with Gasteiger partial charge in [0.25, 0.3) is 0 Å². The number of nitrogens with zero attached hydrogens (tertiary/aromatic N) is 4. The van der Waals surface area contributed by atoms with E-state index < -0.39 is 12.0 Å². The molecule has 0 amide bonds. The van der Waals surface area contributed by atoms with Gasteiger partial charge in [-0.25, -0.2) is 0 Å². The fourth-order valence-electron chi connectivity index (χ4n) is 5.25. The van der Waals surface area contributed by atoms with Gasteiger partial charge >= 0.3 is 0 Å². The largest absolute Gasteiger partial charge is 0.471 e. The molecule has 3 aromatic rings. The summed E-state index contributed by atoms with van der Waals surface area (Å²) in [5.41, 5.74) is 17.6. The molecule has 2 aliphatic heterocycles. The molecule has 1 spiro atoms. The van der Waals surface area contributed by atoms with E-state index in [0.29, 0.717) is 46.2 Å². The number of aryl methyl sites for hydroxylation is 2. The predicted molar refractivity (Wildman–Crippen MR) is 147 cm³/mol. The number of nitrogen functional groups attached to an aromatic ring is 1. The first-order chi connectivity index (χ1) is 18.7. The number of hydrogen-bond acceptors (Lipinski definition) is 10. The van der Waals surface area contributed by atoms with Crippen molar-refractivity contribution < 1.29 is 14.2 Å². The molecule has 3 heterocycles. The molecule has 10 heteroatoms. The van der Waals surface area contributed by atoms with Crippen LogP contribution in [0.15, 0.2) is 36.5 Å². The number of likely N-dealkylation sites (tertiary alicyclic amines) is 1. The fourth-order valence-corrected chi connectivity index (χ4v) is 5.25. The highest BCUT2D eigenvalue weighted by Gasteiger charge is 2.41. The van der Waals surface area contributed by atoms with Crippen LogP contribution in [0.2, 0.25) is 0 Å². The van der Waals surface area contributed by atoms with Crippen molar-refractivity contribution in [2.45, 2.75) is 52.2 Å². The lowest BCUT2D eigenvalue weighted by molar-refractivity contribution is -0.228. The number of piperidine rings is 1.